The fourth-order valence-corrected chi connectivity index (χ4v) is 3.67. The molecule has 0 aromatic heterocycles. The summed E-state index contributed by atoms with van der Waals surface area (Å²) in [7, 11) is 0. The molecule has 0 fully saturated rings. The molecule has 0 spiro atoms. The van der Waals surface area contributed by atoms with Crippen molar-refractivity contribution in [1.82, 2.24) is 10.7 Å². The van der Waals surface area contributed by atoms with Gasteiger partial charge in [0.1, 0.15) is 5.75 Å². The van der Waals surface area contributed by atoms with E-state index in [4.69, 9.17) is 16.3 Å². The number of hydrogen-bond donors (Lipinski definition) is 2. The molecule has 170 valence electrons. The molecule has 0 radical (unpaired) electrons. The highest BCUT2D eigenvalue weighted by Crippen LogP contribution is 2.24. The maximum Gasteiger partial charge on any atom is 0.258 e. The number of carbonyl (C=O) groups is 2. The first-order valence-electron chi connectivity index (χ1n) is 10.3. The number of hydrogen-bond acceptors (Lipinski definition) is 5. The molecule has 2 amide bonds. The molecule has 6 nitrogen and oxygen atoms in total. The van der Waals surface area contributed by atoms with Crippen molar-refractivity contribution in [3.63, 3.8) is 0 Å². The molecule has 0 unspecified atom stereocenters. The molecule has 0 aliphatic rings. The van der Waals surface area contributed by atoms with Crippen molar-refractivity contribution in [1.29, 1.82) is 0 Å². The van der Waals surface area contributed by atoms with E-state index >= 15 is 0 Å². The fraction of sp³-hybridized carbons (Fsp3) is 0.160. The van der Waals surface area contributed by atoms with E-state index in [2.05, 4.69) is 15.8 Å². The largest absolute Gasteiger partial charge is 0.484 e. The van der Waals surface area contributed by atoms with E-state index in [1.807, 2.05) is 49.4 Å². The highest BCUT2D eigenvalue weighted by atomic mass is 35.5. The van der Waals surface area contributed by atoms with Gasteiger partial charge in [-0.25, -0.2) is 5.43 Å². The molecule has 0 saturated carbocycles. The number of benzene rings is 3. The fourth-order valence-electron chi connectivity index (χ4n) is 2.68. The maximum atomic E-state index is 12.2. The Hall–Kier alpha value is -3.29. The third-order valence-corrected chi connectivity index (χ3v) is 5.83. The van der Waals surface area contributed by atoms with Crippen molar-refractivity contribution < 1.29 is 14.3 Å². The Morgan fingerprint density at radius 3 is 2.42 bits per heavy atom. The molecule has 3 aromatic carbocycles. The summed E-state index contributed by atoms with van der Waals surface area (Å²) < 4.78 is 5.51. The molecule has 3 rings (SSSR count). The second-order valence-corrected chi connectivity index (χ2v) is 8.92. The van der Waals surface area contributed by atoms with Gasteiger partial charge in [0.2, 0.25) is 0 Å². The lowest BCUT2D eigenvalue weighted by atomic mass is 10.2. The van der Waals surface area contributed by atoms with Crippen LogP contribution in [-0.4, -0.2) is 29.9 Å². The molecule has 2 N–H and O–H groups in total. The second-order valence-electron chi connectivity index (χ2n) is 7.07. The van der Waals surface area contributed by atoms with Crippen molar-refractivity contribution in [2.45, 2.75) is 23.6 Å². The topological polar surface area (TPSA) is 79.8 Å². The van der Waals surface area contributed by atoms with Crippen LogP contribution in [0.4, 0.5) is 0 Å². The van der Waals surface area contributed by atoms with Gasteiger partial charge in [-0.1, -0.05) is 41.9 Å². The predicted molar refractivity (Wildman–Crippen MR) is 133 cm³/mol. The molecular formula is C25H24ClN3O3S. The Morgan fingerprint density at radius 2 is 1.73 bits per heavy atom. The molecule has 0 saturated heterocycles. The van der Waals surface area contributed by atoms with E-state index < -0.39 is 0 Å². The maximum absolute atomic E-state index is 12.2. The van der Waals surface area contributed by atoms with E-state index in [-0.39, 0.29) is 23.7 Å². The first-order valence-corrected chi connectivity index (χ1v) is 11.5. The van der Waals surface area contributed by atoms with Crippen molar-refractivity contribution in [3.8, 4) is 5.75 Å². The van der Waals surface area contributed by atoms with Crippen LogP contribution >= 0.6 is 23.4 Å². The Kier molecular flexibility index (Phi) is 9.35. The van der Waals surface area contributed by atoms with E-state index in [1.165, 1.54) is 11.8 Å². The van der Waals surface area contributed by atoms with E-state index in [0.29, 0.717) is 17.3 Å². The molecule has 1 atom stereocenters. The van der Waals surface area contributed by atoms with Gasteiger partial charge in [-0.05, 0) is 66.6 Å². The van der Waals surface area contributed by atoms with Crippen molar-refractivity contribution in [2.75, 3.05) is 6.61 Å². The average Bonchev–Trinajstić information content (AvgIpc) is 2.84. The highest BCUT2D eigenvalue weighted by molar-refractivity contribution is 8.00. The number of thioether (sulfide) groups is 1. The van der Waals surface area contributed by atoms with Crippen LogP contribution in [0.1, 0.15) is 18.1 Å². The molecule has 0 bridgehead atoms. The summed E-state index contributed by atoms with van der Waals surface area (Å²) in [5.74, 6) is 0.171. The Morgan fingerprint density at radius 1 is 1.03 bits per heavy atom. The van der Waals surface area contributed by atoms with Crippen LogP contribution in [0.25, 0.3) is 0 Å². The summed E-state index contributed by atoms with van der Waals surface area (Å²) in [6, 6.07) is 24.1. The number of halogens is 1. The van der Waals surface area contributed by atoms with Gasteiger partial charge >= 0.3 is 0 Å². The monoisotopic (exact) mass is 481 g/mol. The number of carbonyl (C=O) groups excluding carboxylic acids is 2. The number of hydrazone groups is 1. The smallest absolute Gasteiger partial charge is 0.258 e. The number of rotatable bonds is 10. The van der Waals surface area contributed by atoms with Crippen LogP contribution in [0.15, 0.2) is 88.9 Å². The van der Waals surface area contributed by atoms with Gasteiger partial charge in [-0.2, -0.15) is 5.10 Å². The summed E-state index contributed by atoms with van der Waals surface area (Å²) >= 11 is 7.30. The zero-order valence-corrected chi connectivity index (χ0v) is 19.6. The van der Waals surface area contributed by atoms with Gasteiger partial charge < -0.3 is 10.1 Å². The van der Waals surface area contributed by atoms with E-state index in [1.54, 1.807) is 42.6 Å². The minimum absolute atomic E-state index is 0.0699. The SMILES string of the molecule is C[C@H](Sc1ccc(Cl)cc1)C(=O)N/N=C\c1ccc(OCC(=O)NCc2ccccc2)cc1. The van der Waals surface area contributed by atoms with Crippen molar-refractivity contribution in [2.24, 2.45) is 5.10 Å². The Bertz CT molecular complexity index is 1070. The van der Waals surface area contributed by atoms with Crippen LogP contribution in [0, 0.1) is 0 Å². The minimum atomic E-state index is -0.313. The third kappa shape index (κ3) is 8.63. The lowest BCUT2D eigenvalue weighted by Gasteiger charge is -2.09. The zero-order chi connectivity index (χ0) is 23.5. The predicted octanol–water partition coefficient (Wildman–Crippen LogP) is 4.67. The standard InChI is InChI=1S/C25H24ClN3O3S/c1-18(33-23-13-9-21(26)10-14-23)25(31)29-28-16-20-7-11-22(12-8-20)32-17-24(30)27-15-19-5-3-2-4-6-19/h2-14,16,18H,15,17H2,1H3,(H,27,30)(H,29,31)/b28-16-/t18-/m0/s1. The van der Waals surface area contributed by atoms with Crippen LogP contribution in [0.3, 0.4) is 0 Å². The summed E-state index contributed by atoms with van der Waals surface area (Å²) in [5.41, 5.74) is 4.36. The van der Waals surface area contributed by atoms with Crippen molar-refractivity contribution >= 4 is 41.4 Å². The molecule has 3 aromatic rings. The van der Waals surface area contributed by atoms with Gasteiger partial charge in [0, 0.05) is 16.5 Å². The summed E-state index contributed by atoms with van der Waals surface area (Å²) in [5, 5.41) is 7.17. The quantitative estimate of drug-likeness (QED) is 0.250. The molecule has 0 heterocycles. The van der Waals surface area contributed by atoms with E-state index in [0.717, 1.165) is 16.0 Å². The summed E-state index contributed by atoms with van der Waals surface area (Å²) in [6.45, 7) is 2.20. The Balaban J connectivity index is 1.38. The average molecular weight is 482 g/mol. The van der Waals surface area contributed by atoms with Crippen LogP contribution in [0.2, 0.25) is 5.02 Å². The number of amides is 2. The number of nitrogens with one attached hydrogen (secondary N) is 2. The second kappa shape index (κ2) is 12.7. The molecule has 0 aliphatic carbocycles. The zero-order valence-electron chi connectivity index (χ0n) is 18.0. The van der Waals surface area contributed by atoms with Crippen molar-refractivity contribution in [3.05, 3.63) is 95.0 Å². The van der Waals surface area contributed by atoms with Crippen LogP contribution in [0.5, 0.6) is 5.75 Å². The first kappa shape index (κ1) is 24.4. The summed E-state index contributed by atoms with van der Waals surface area (Å²) in [6.07, 6.45) is 1.55. The summed E-state index contributed by atoms with van der Waals surface area (Å²) in [4.78, 5) is 25.1. The van der Waals surface area contributed by atoms with Crippen LogP contribution < -0.4 is 15.5 Å². The lowest BCUT2D eigenvalue weighted by Crippen LogP contribution is -2.28. The van der Waals surface area contributed by atoms with Crippen LogP contribution in [-0.2, 0) is 16.1 Å². The molecular weight excluding hydrogens is 458 g/mol. The van der Waals surface area contributed by atoms with Gasteiger partial charge in [-0.3, -0.25) is 9.59 Å². The van der Waals surface area contributed by atoms with Gasteiger partial charge in [0.15, 0.2) is 6.61 Å². The molecule has 8 heteroatoms. The number of nitrogens with zero attached hydrogens (tertiary/aromatic N) is 1. The normalized spacial score (nSPS) is 11.7. The molecule has 0 aliphatic heterocycles. The van der Waals surface area contributed by atoms with E-state index in [9.17, 15) is 9.59 Å². The molecule has 33 heavy (non-hydrogen) atoms. The van der Waals surface area contributed by atoms with Gasteiger partial charge in [0.25, 0.3) is 11.8 Å². The third-order valence-electron chi connectivity index (χ3n) is 4.47. The lowest BCUT2D eigenvalue weighted by molar-refractivity contribution is -0.123. The minimum Gasteiger partial charge on any atom is -0.484 e. The number of ether oxygens (including phenoxy) is 1. The first-order chi connectivity index (χ1) is 16.0. The highest BCUT2D eigenvalue weighted by Gasteiger charge is 2.13. The van der Waals surface area contributed by atoms with Gasteiger partial charge in [0.05, 0.1) is 11.5 Å². The Labute approximate surface area is 202 Å². The van der Waals surface area contributed by atoms with Gasteiger partial charge in [-0.15, -0.1) is 11.8 Å².